The van der Waals surface area contributed by atoms with E-state index in [1.165, 1.54) is 0 Å². The summed E-state index contributed by atoms with van der Waals surface area (Å²) in [4.78, 5) is 11.7. The molecule has 3 N–H and O–H groups in total. The Morgan fingerprint density at radius 3 is 3.19 bits per heavy atom. The summed E-state index contributed by atoms with van der Waals surface area (Å²) < 4.78 is 1.74. The SMILES string of the molecule is CCn1cc(NC(=O)C2CC(O)CN2)cn1. The summed E-state index contributed by atoms with van der Waals surface area (Å²) >= 11 is 0. The average molecular weight is 224 g/mol. The lowest BCUT2D eigenvalue weighted by atomic mass is 10.2. The van der Waals surface area contributed by atoms with Gasteiger partial charge in [0.15, 0.2) is 0 Å². The highest BCUT2D eigenvalue weighted by Crippen LogP contribution is 2.10. The number of aromatic nitrogens is 2. The number of carbonyl (C=O) groups excluding carboxylic acids is 1. The first kappa shape index (κ1) is 11.1. The van der Waals surface area contributed by atoms with Crippen LogP contribution in [0.25, 0.3) is 0 Å². The van der Waals surface area contributed by atoms with Gasteiger partial charge in [-0.2, -0.15) is 5.10 Å². The summed E-state index contributed by atoms with van der Waals surface area (Å²) in [6.07, 6.45) is 3.44. The third kappa shape index (κ3) is 2.40. The molecule has 0 spiro atoms. The first-order chi connectivity index (χ1) is 7.69. The fourth-order valence-electron chi connectivity index (χ4n) is 1.75. The van der Waals surface area contributed by atoms with Crippen molar-refractivity contribution in [3.8, 4) is 0 Å². The Bertz CT molecular complexity index is 377. The van der Waals surface area contributed by atoms with E-state index < -0.39 is 6.10 Å². The predicted molar refractivity (Wildman–Crippen MR) is 58.9 cm³/mol. The quantitative estimate of drug-likeness (QED) is 0.650. The second-order valence-corrected chi connectivity index (χ2v) is 3.92. The lowest BCUT2D eigenvalue weighted by molar-refractivity contribution is -0.117. The van der Waals surface area contributed by atoms with Gasteiger partial charge in [0.25, 0.3) is 0 Å². The van der Waals surface area contributed by atoms with Crippen molar-refractivity contribution in [2.45, 2.75) is 32.0 Å². The van der Waals surface area contributed by atoms with E-state index >= 15 is 0 Å². The minimum Gasteiger partial charge on any atom is -0.392 e. The van der Waals surface area contributed by atoms with E-state index in [-0.39, 0.29) is 11.9 Å². The zero-order chi connectivity index (χ0) is 11.5. The molecule has 0 radical (unpaired) electrons. The van der Waals surface area contributed by atoms with Gasteiger partial charge >= 0.3 is 0 Å². The zero-order valence-corrected chi connectivity index (χ0v) is 9.18. The molecule has 1 aliphatic rings. The van der Waals surface area contributed by atoms with Crippen LogP contribution >= 0.6 is 0 Å². The molecule has 1 aromatic heterocycles. The fourth-order valence-corrected chi connectivity index (χ4v) is 1.75. The number of hydrogen-bond donors (Lipinski definition) is 3. The highest BCUT2D eigenvalue weighted by atomic mass is 16.3. The lowest BCUT2D eigenvalue weighted by Crippen LogP contribution is -2.35. The molecule has 2 heterocycles. The Morgan fingerprint density at radius 2 is 2.62 bits per heavy atom. The molecule has 0 bridgehead atoms. The lowest BCUT2D eigenvalue weighted by Gasteiger charge is -2.08. The normalized spacial score (nSPS) is 24.6. The van der Waals surface area contributed by atoms with Gasteiger partial charge in [-0.25, -0.2) is 0 Å². The summed E-state index contributed by atoms with van der Waals surface area (Å²) in [7, 11) is 0. The fraction of sp³-hybridized carbons (Fsp3) is 0.600. The van der Waals surface area contributed by atoms with Gasteiger partial charge in [0, 0.05) is 19.3 Å². The minimum atomic E-state index is -0.422. The van der Waals surface area contributed by atoms with E-state index in [1.807, 2.05) is 6.92 Å². The van der Waals surface area contributed by atoms with Crippen molar-refractivity contribution in [3.63, 3.8) is 0 Å². The molecule has 0 aromatic carbocycles. The van der Waals surface area contributed by atoms with E-state index in [9.17, 15) is 9.90 Å². The van der Waals surface area contributed by atoms with Gasteiger partial charge < -0.3 is 15.7 Å². The molecule has 2 rings (SSSR count). The summed E-state index contributed by atoms with van der Waals surface area (Å²) in [6.45, 7) is 3.23. The summed E-state index contributed by atoms with van der Waals surface area (Å²) in [5, 5.41) is 19.1. The van der Waals surface area contributed by atoms with Crippen molar-refractivity contribution in [1.29, 1.82) is 0 Å². The number of aryl methyl sites for hydroxylation is 1. The first-order valence-electron chi connectivity index (χ1n) is 5.44. The number of β-amino-alcohol motifs (C(OH)–C–C–N with tert-alkyl or cyclic N) is 1. The molecule has 88 valence electrons. The standard InChI is InChI=1S/C10H16N4O2/c1-2-14-6-7(4-12-14)13-10(16)9-3-8(15)5-11-9/h4,6,8-9,11,15H,2-3,5H2,1H3,(H,13,16). The highest BCUT2D eigenvalue weighted by Gasteiger charge is 2.28. The first-order valence-corrected chi connectivity index (χ1v) is 5.44. The number of aliphatic hydroxyl groups excluding tert-OH is 1. The van der Waals surface area contributed by atoms with E-state index in [0.29, 0.717) is 18.7 Å². The maximum absolute atomic E-state index is 11.7. The maximum Gasteiger partial charge on any atom is 0.241 e. The largest absolute Gasteiger partial charge is 0.392 e. The minimum absolute atomic E-state index is 0.118. The molecule has 1 aliphatic heterocycles. The summed E-state index contributed by atoms with van der Waals surface area (Å²) in [5.74, 6) is -0.118. The Morgan fingerprint density at radius 1 is 1.81 bits per heavy atom. The molecule has 16 heavy (non-hydrogen) atoms. The number of carbonyl (C=O) groups is 1. The Hall–Kier alpha value is -1.40. The second kappa shape index (κ2) is 4.63. The van der Waals surface area contributed by atoms with Gasteiger partial charge in [0.2, 0.25) is 5.91 Å². The Kier molecular flexibility index (Phi) is 3.21. The third-order valence-electron chi connectivity index (χ3n) is 2.65. The molecule has 2 atom stereocenters. The third-order valence-corrected chi connectivity index (χ3v) is 2.65. The van der Waals surface area contributed by atoms with Crippen LogP contribution in [0.2, 0.25) is 0 Å². The monoisotopic (exact) mass is 224 g/mol. The van der Waals surface area contributed by atoms with Crippen molar-refractivity contribution >= 4 is 11.6 Å². The van der Waals surface area contributed by atoms with Crippen LogP contribution in [0.4, 0.5) is 5.69 Å². The molecular weight excluding hydrogens is 208 g/mol. The topological polar surface area (TPSA) is 79.2 Å². The van der Waals surface area contributed by atoms with Crippen molar-refractivity contribution in [2.24, 2.45) is 0 Å². The average Bonchev–Trinajstić information content (AvgIpc) is 2.87. The number of nitrogens with zero attached hydrogens (tertiary/aromatic N) is 2. The Balaban J connectivity index is 1.91. The number of anilines is 1. The Labute approximate surface area is 93.6 Å². The number of nitrogens with one attached hydrogen (secondary N) is 2. The summed E-state index contributed by atoms with van der Waals surface area (Å²) in [5.41, 5.74) is 0.690. The number of aliphatic hydroxyl groups is 1. The van der Waals surface area contributed by atoms with E-state index in [2.05, 4.69) is 15.7 Å². The molecule has 1 fully saturated rings. The van der Waals surface area contributed by atoms with Crippen LogP contribution in [0.5, 0.6) is 0 Å². The van der Waals surface area contributed by atoms with Gasteiger partial charge in [0.1, 0.15) is 0 Å². The number of hydrogen-bond acceptors (Lipinski definition) is 4. The van der Waals surface area contributed by atoms with Crippen LogP contribution in [0.15, 0.2) is 12.4 Å². The van der Waals surface area contributed by atoms with Gasteiger partial charge in [0.05, 0.1) is 24.0 Å². The second-order valence-electron chi connectivity index (χ2n) is 3.92. The molecule has 6 heteroatoms. The van der Waals surface area contributed by atoms with E-state index in [0.717, 1.165) is 6.54 Å². The molecule has 1 amide bonds. The number of amides is 1. The van der Waals surface area contributed by atoms with Crippen LogP contribution in [-0.2, 0) is 11.3 Å². The molecule has 1 aromatic rings. The number of rotatable bonds is 3. The van der Waals surface area contributed by atoms with Crippen molar-refractivity contribution in [3.05, 3.63) is 12.4 Å². The maximum atomic E-state index is 11.7. The molecule has 0 aliphatic carbocycles. The highest BCUT2D eigenvalue weighted by molar-refractivity contribution is 5.94. The molecule has 2 unspecified atom stereocenters. The molecule has 1 saturated heterocycles. The van der Waals surface area contributed by atoms with E-state index in [4.69, 9.17) is 0 Å². The van der Waals surface area contributed by atoms with Crippen molar-refractivity contribution in [1.82, 2.24) is 15.1 Å². The van der Waals surface area contributed by atoms with Gasteiger partial charge in [-0.3, -0.25) is 9.48 Å². The van der Waals surface area contributed by atoms with Crippen LogP contribution < -0.4 is 10.6 Å². The van der Waals surface area contributed by atoms with Gasteiger partial charge in [-0.1, -0.05) is 0 Å². The predicted octanol–water partition coefficient (Wildman–Crippen LogP) is -0.436. The van der Waals surface area contributed by atoms with Gasteiger partial charge in [-0.15, -0.1) is 0 Å². The molecular formula is C10H16N4O2. The molecule has 0 saturated carbocycles. The zero-order valence-electron chi connectivity index (χ0n) is 9.18. The van der Waals surface area contributed by atoms with Crippen LogP contribution in [0.1, 0.15) is 13.3 Å². The van der Waals surface area contributed by atoms with Crippen molar-refractivity contribution < 1.29 is 9.90 Å². The van der Waals surface area contributed by atoms with E-state index in [1.54, 1.807) is 17.1 Å². The van der Waals surface area contributed by atoms with Crippen LogP contribution in [0.3, 0.4) is 0 Å². The van der Waals surface area contributed by atoms with Crippen LogP contribution in [0, 0.1) is 0 Å². The van der Waals surface area contributed by atoms with Crippen molar-refractivity contribution in [2.75, 3.05) is 11.9 Å². The van der Waals surface area contributed by atoms with Gasteiger partial charge in [-0.05, 0) is 13.3 Å². The summed E-state index contributed by atoms with van der Waals surface area (Å²) in [6, 6.07) is -0.306. The smallest absolute Gasteiger partial charge is 0.241 e. The van der Waals surface area contributed by atoms with Crippen LogP contribution in [-0.4, -0.2) is 39.5 Å². The molecule has 6 nitrogen and oxygen atoms in total.